The lowest BCUT2D eigenvalue weighted by atomic mass is 9.87. The van der Waals surface area contributed by atoms with Gasteiger partial charge in [0.05, 0.1) is 24.4 Å². The Morgan fingerprint density at radius 2 is 2.11 bits per heavy atom. The maximum atomic E-state index is 11.9. The maximum absolute atomic E-state index is 11.9. The van der Waals surface area contributed by atoms with Crippen LogP contribution in [0.25, 0.3) is 0 Å². The predicted molar refractivity (Wildman–Crippen MR) is 70.8 cm³/mol. The topological polar surface area (TPSA) is 70.6 Å². The Kier molecular flexibility index (Phi) is 3.93. The molecule has 0 radical (unpaired) electrons. The Labute approximate surface area is 114 Å². The highest BCUT2D eigenvalue weighted by atomic mass is 16.5. The summed E-state index contributed by atoms with van der Waals surface area (Å²) < 4.78 is 5.72. The van der Waals surface area contributed by atoms with E-state index in [1.807, 2.05) is 0 Å². The lowest BCUT2D eigenvalue weighted by Gasteiger charge is -2.26. The van der Waals surface area contributed by atoms with Crippen LogP contribution in [0.1, 0.15) is 44.9 Å². The molecule has 1 saturated carbocycles. The van der Waals surface area contributed by atoms with Gasteiger partial charge in [-0.3, -0.25) is 0 Å². The van der Waals surface area contributed by atoms with Gasteiger partial charge in [-0.15, -0.1) is 0 Å². The summed E-state index contributed by atoms with van der Waals surface area (Å²) >= 11 is 0. The van der Waals surface area contributed by atoms with Crippen LogP contribution in [0, 0.1) is 5.92 Å². The van der Waals surface area contributed by atoms with Crippen LogP contribution in [0.3, 0.4) is 0 Å². The smallest absolute Gasteiger partial charge is 0.315 e. The Morgan fingerprint density at radius 3 is 2.79 bits per heavy atom. The minimum Gasteiger partial charge on any atom is -0.393 e. The lowest BCUT2D eigenvalue weighted by molar-refractivity contribution is 0.0971. The van der Waals surface area contributed by atoms with Gasteiger partial charge < -0.3 is 20.5 Å². The van der Waals surface area contributed by atoms with Gasteiger partial charge in [0, 0.05) is 6.54 Å². The first kappa shape index (κ1) is 13.2. The van der Waals surface area contributed by atoms with Crippen LogP contribution in [-0.4, -0.2) is 42.0 Å². The molecule has 1 aliphatic carbocycles. The molecule has 2 heterocycles. The third-order valence-corrected chi connectivity index (χ3v) is 4.73. The molecule has 2 saturated heterocycles. The van der Waals surface area contributed by atoms with Gasteiger partial charge in [0.15, 0.2) is 0 Å². The van der Waals surface area contributed by atoms with Crippen LogP contribution in [-0.2, 0) is 4.74 Å². The van der Waals surface area contributed by atoms with Crippen molar-refractivity contribution in [1.82, 2.24) is 10.6 Å². The average molecular weight is 268 g/mol. The number of amides is 2. The summed E-state index contributed by atoms with van der Waals surface area (Å²) in [5.74, 6) is 0.422. The SMILES string of the molecule is O=C(NCC1CCCC(O)C1)NC1CC2CCC1O2. The molecule has 5 nitrogen and oxygen atoms in total. The van der Waals surface area contributed by atoms with Crippen molar-refractivity contribution in [3.8, 4) is 0 Å². The fraction of sp³-hybridized carbons (Fsp3) is 0.929. The van der Waals surface area contributed by atoms with Crippen LogP contribution >= 0.6 is 0 Å². The molecular weight excluding hydrogens is 244 g/mol. The number of ether oxygens (including phenoxy) is 1. The van der Waals surface area contributed by atoms with Gasteiger partial charge in [-0.1, -0.05) is 6.42 Å². The maximum Gasteiger partial charge on any atom is 0.315 e. The van der Waals surface area contributed by atoms with Gasteiger partial charge in [0.25, 0.3) is 0 Å². The van der Waals surface area contributed by atoms with Crippen molar-refractivity contribution < 1.29 is 14.6 Å². The summed E-state index contributed by atoms with van der Waals surface area (Å²) in [5.41, 5.74) is 0. The molecule has 5 unspecified atom stereocenters. The van der Waals surface area contributed by atoms with Crippen LogP contribution in [0.5, 0.6) is 0 Å². The number of aliphatic hydroxyl groups excluding tert-OH is 1. The number of hydrogen-bond acceptors (Lipinski definition) is 3. The van der Waals surface area contributed by atoms with Crippen molar-refractivity contribution in [3.05, 3.63) is 0 Å². The predicted octanol–water partition coefficient (Wildman–Crippen LogP) is 1.16. The minimum atomic E-state index is -0.178. The summed E-state index contributed by atoms with van der Waals surface area (Å²) in [6, 6.07) is 0.108. The van der Waals surface area contributed by atoms with Crippen molar-refractivity contribution in [2.45, 2.75) is 69.3 Å². The first-order valence-corrected chi connectivity index (χ1v) is 7.58. The van der Waals surface area contributed by atoms with Crippen LogP contribution < -0.4 is 10.6 Å². The second-order valence-electron chi connectivity index (χ2n) is 6.26. The molecular formula is C14H24N2O3. The molecule has 2 bridgehead atoms. The van der Waals surface area contributed by atoms with E-state index in [-0.39, 0.29) is 24.3 Å². The van der Waals surface area contributed by atoms with Crippen molar-refractivity contribution in [2.75, 3.05) is 6.54 Å². The summed E-state index contributed by atoms with van der Waals surface area (Å²) in [4.78, 5) is 11.9. The van der Waals surface area contributed by atoms with Gasteiger partial charge in [0.1, 0.15) is 0 Å². The van der Waals surface area contributed by atoms with Crippen molar-refractivity contribution >= 4 is 6.03 Å². The number of fused-ring (bicyclic) bond motifs is 2. The van der Waals surface area contributed by atoms with E-state index in [4.69, 9.17) is 4.74 Å². The molecule has 2 amide bonds. The molecule has 0 spiro atoms. The van der Waals surface area contributed by atoms with Crippen molar-refractivity contribution in [3.63, 3.8) is 0 Å². The number of aliphatic hydroxyl groups is 1. The van der Waals surface area contributed by atoms with Gasteiger partial charge >= 0.3 is 6.03 Å². The van der Waals surface area contributed by atoms with Crippen molar-refractivity contribution in [1.29, 1.82) is 0 Å². The third-order valence-electron chi connectivity index (χ3n) is 4.73. The zero-order valence-corrected chi connectivity index (χ0v) is 11.3. The normalized spacial score (nSPS) is 41.2. The molecule has 0 aromatic rings. The Hall–Kier alpha value is -0.810. The molecule has 0 aromatic heterocycles. The lowest BCUT2D eigenvalue weighted by Crippen LogP contribution is -2.47. The van der Waals surface area contributed by atoms with Gasteiger partial charge in [-0.2, -0.15) is 0 Å². The molecule has 3 N–H and O–H groups in total. The molecule has 2 aliphatic heterocycles. The van der Waals surface area contributed by atoms with Gasteiger partial charge in [-0.05, 0) is 44.4 Å². The molecule has 108 valence electrons. The molecule has 3 aliphatic rings. The largest absolute Gasteiger partial charge is 0.393 e. The fourth-order valence-corrected chi connectivity index (χ4v) is 3.69. The second-order valence-corrected chi connectivity index (χ2v) is 6.26. The highest BCUT2D eigenvalue weighted by Crippen LogP contribution is 2.34. The quantitative estimate of drug-likeness (QED) is 0.719. The molecule has 0 aromatic carbocycles. The number of carbonyl (C=O) groups excluding carboxylic acids is 1. The Bertz CT molecular complexity index is 337. The zero-order valence-electron chi connectivity index (χ0n) is 11.3. The number of carbonyl (C=O) groups is 1. The van der Waals surface area contributed by atoms with E-state index in [9.17, 15) is 9.90 Å². The molecule has 3 fully saturated rings. The van der Waals surface area contributed by atoms with E-state index in [0.717, 1.165) is 44.9 Å². The van der Waals surface area contributed by atoms with E-state index < -0.39 is 0 Å². The van der Waals surface area contributed by atoms with E-state index in [2.05, 4.69) is 10.6 Å². The van der Waals surface area contributed by atoms with Crippen LogP contribution in [0.2, 0.25) is 0 Å². The summed E-state index contributed by atoms with van der Waals surface area (Å²) in [6.45, 7) is 0.671. The highest BCUT2D eigenvalue weighted by Gasteiger charge is 2.41. The summed E-state index contributed by atoms with van der Waals surface area (Å²) in [7, 11) is 0. The first-order valence-electron chi connectivity index (χ1n) is 7.58. The molecule has 5 atom stereocenters. The minimum absolute atomic E-state index is 0.0822. The summed E-state index contributed by atoms with van der Waals surface area (Å²) in [6.07, 6.45) is 7.49. The molecule has 3 rings (SSSR count). The fourth-order valence-electron chi connectivity index (χ4n) is 3.69. The molecule has 19 heavy (non-hydrogen) atoms. The van der Waals surface area contributed by atoms with E-state index >= 15 is 0 Å². The monoisotopic (exact) mass is 268 g/mol. The first-order chi connectivity index (χ1) is 9.20. The van der Waals surface area contributed by atoms with E-state index in [1.165, 1.54) is 0 Å². The second kappa shape index (κ2) is 5.67. The number of urea groups is 1. The van der Waals surface area contributed by atoms with Gasteiger partial charge in [-0.25, -0.2) is 4.79 Å². The van der Waals surface area contributed by atoms with Crippen LogP contribution in [0.4, 0.5) is 4.79 Å². The van der Waals surface area contributed by atoms with Crippen LogP contribution in [0.15, 0.2) is 0 Å². The van der Waals surface area contributed by atoms with E-state index in [0.29, 0.717) is 18.6 Å². The summed E-state index contributed by atoms with van der Waals surface area (Å²) in [5, 5.41) is 15.6. The highest BCUT2D eigenvalue weighted by molar-refractivity contribution is 5.74. The zero-order chi connectivity index (χ0) is 13.2. The van der Waals surface area contributed by atoms with Gasteiger partial charge in [0.2, 0.25) is 0 Å². The number of nitrogens with one attached hydrogen (secondary N) is 2. The molecule has 5 heteroatoms. The van der Waals surface area contributed by atoms with Crippen molar-refractivity contribution in [2.24, 2.45) is 5.92 Å². The standard InChI is InChI=1S/C14H24N2O3/c17-10-3-1-2-9(6-10)8-15-14(18)16-12-7-11-4-5-13(12)19-11/h9-13,17H,1-8H2,(H2,15,16,18). The number of hydrogen-bond donors (Lipinski definition) is 3. The third kappa shape index (κ3) is 3.20. The Morgan fingerprint density at radius 1 is 1.21 bits per heavy atom. The number of rotatable bonds is 3. The van der Waals surface area contributed by atoms with E-state index in [1.54, 1.807) is 0 Å². The average Bonchev–Trinajstić information content (AvgIpc) is 2.99. The Balaban J connectivity index is 1.37.